The SMILES string of the molecule is CCc1nnsc1C(=O)Nc1ccc(S(N)(=O)=O)cc1C. The highest BCUT2D eigenvalue weighted by Gasteiger charge is 2.16. The second kappa shape index (κ2) is 5.88. The fraction of sp³-hybridized carbons (Fsp3) is 0.250. The highest BCUT2D eigenvalue weighted by molar-refractivity contribution is 7.89. The maximum atomic E-state index is 12.2. The molecule has 3 N–H and O–H groups in total. The van der Waals surface area contributed by atoms with Crippen LogP contribution in [0.4, 0.5) is 5.69 Å². The van der Waals surface area contributed by atoms with Crippen LogP contribution in [-0.4, -0.2) is 23.9 Å². The standard InChI is InChI=1S/C12H14N4O3S2/c1-3-9-11(20-16-15-9)12(17)14-10-5-4-8(6-7(10)2)21(13,18)19/h4-6H,3H2,1-2H3,(H,14,17)(H2,13,18,19). The van der Waals surface area contributed by atoms with Crippen molar-refractivity contribution in [3.8, 4) is 0 Å². The molecule has 7 nitrogen and oxygen atoms in total. The fourth-order valence-electron chi connectivity index (χ4n) is 1.74. The molecule has 0 atom stereocenters. The molecular formula is C12H14N4O3S2. The van der Waals surface area contributed by atoms with Gasteiger partial charge in [-0.2, -0.15) is 0 Å². The molecule has 0 saturated heterocycles. The monoisotopic (exact) mass is 326 g/mol. The van der Waals surface area contributed by atoms with Gasteiger partial charge in [0.1, 0.15) is 4.88 Å². The van der Waals surface area contributed by atoms with Gasteiger partial charge in [-0.3, -0.25) is 4.79 Å². The molecule has 21 heavy (non-hydrogen) atoms. The second-order valence-electron chi connectivity index (χ2n) is 4.38. The Morgan fingerprint density at radius 3 is 2.71 bits per heavy atom. The number of hydrogen-bond donors (Lipinski definition) is 2. The first-order valence-corrected chi connectivity index (χ1v) is 8.41. The van der Waals surface area contributed by atoms with Crippen LogP contribution in [-0.2, 0) is 16.4 Å². The summed E-state index contributed by atoms with van der Waals surface area (Å²) in [5.74, 6) is -0.312. The molecule has 0 fully saturated rings. The number of carbonyl (C=O) groups excluding carboxylic acids is 1. The molecule has 0 aliphatic carbocycles. The van der Waals surface area contributed by atoms with Crippen LogP contribution in [0.5, 0.6) is 0 Å². The molecule has 112 valence electrons. The van der Waals surface area contributed by atoms with Crippen LogP contribution in [0, 0.1) is 6.92 Å². The number of sulfonamides is 1. The Balaban J connectivity index is 2.26. The van der Waals surface area contributed by atoms with Crippen molar-refractivity contribution in [2.45, 2.75) is 25.2 Å². The first-order chi connectivity index (χ1) is 9.82. The van der Waals surface area contributed by atoms with E-state index in [4.69, 9.17) is 5.14 Å². The van der Waals surface area contributed by atoms with Crippen molar-refractivity contribution >= 4 is 33.2 Å². The summed E-state index contributed by atoms with van der Waals surface area (Å²) < 4.78 is 26.3. The predicted octanol–water partition coefficient (Wildman–Crippen LogP) is 1.31. The Bertz CT molecular complexity index is 784. The number of primary sulfonamides is 1. The zero-order valence-electron chi connectivity index (χ0n) is 11.5. The molecule has 1 aromatic heterocycles. The Kier molecular flexibility index (Phi) is 4.35. The van der Waals surface area contributed by atoms with Gasteiger partial charge in [0.2, 0.25) is 10.0 Å². The maximum Gasteiger partial charge on any atom is 0.269 e. The van der Waals surface area contributed by atoms with Gasteiger partial charge in [0.15, 0.2) is 0 Å². The quantitative estimate of drug-likeness (QED) is 0.879. The van der Waals surface area contributed by atoms with Crippen LogP contribution >= 0.6 is 11.5 Å². The van der Waals surface area contributed by atoms with Crippen LogP contribution < -0.4 is 10.5 Å². The van der Waals surface area contributed by atoms with Gasteiger partial charge in [-0.1, -0.05) is 11.4 Å². The Hall–Kier alpha value is -1.84. The van der Waals surface area contributed by atoms with E-state index in [0.29, 0.717) is 28.2 Å². The van der Waals surface area contributed by atoms with E-state index >= 15 is 0 Å². The van der Waals surface area contributed by atoms with E-state index in [1.165, 1.54) is 18.2 Å². The van der Waals surface area contributed by atoms with Crippen molar-refractivity contribution in [3.63, 3.8) is 0 Å². The van der Waals surface area contributed by atoms with Crippen molar-refractivity contribution in [1.82, 2.24) is 9.59 Å². The highest BCUT2D eigenvalue weighted by atomic mass is 32.2. The van der Waals surface area contributed by atoms with Gasteiger partial charge in [-0.15, -0.1) is 5.10 Å². The molecule has 0 spiro atoms. The molecule has 0 aliphatic heterocycles. The van der Waals surface area contributed by atoms with Gasteiger partial charge in [-0.25, -0.2) is 13.6 Å². The van der Waals surface area contributed by atoms with E-state index in [9.17, 15) is 13.2 Å². The number of aryl methyl sites for hydroxylation is 2. The predicted molar refractivity (Wildman–Crippen MR) is 79.8 cm³/mol. The number of carbonyl (C=O) groups is 1. The molecule has 9 heteroatoms. The molecule has 0 unspecified atom stereocenters. The third-order valence-corrected chi connectivity index (χ3v) is 4.55. The first-order valence-electron chi connectivity index (χ1n) is 6.09. The van der Waals surface area contributed by atoms with Gasteiger partial charge in [0, 0.05) is 5.69 Å². The second-order valence-corrected chi connectivity index (χ2v) is 6.69. The number of benzene rings is 1. The number of rotatable bonds is 4. The van der Waals surface area contributed by atoms with Crippen LogP contribution in [0.3, 0.4) is 0 Å². The Morgan fingerprint density at radius 2 is 2.14 bits per heavy atom. The van der Waals surface area contributed by atoms with Gasteiger partial charge < -0.3 is 5.32 Å². The van der Waals surface area contributed by atoms with E-state index in [2.05, 4.69) is 14.9 Å². The third-order valence-electron chi connectivity index (χ3n) is 2.87. The number of nitrogens with one attached hydrogen (secondary N) is 1. The molecule has 2 aromatic rings. The zero-order valence-corrected chi connectivity index (χ0v) is 13.1. The van der Waals surface area contributed by atoms with Gasteiger partial charge >= 0.3 is 0 Å². The van der Waals surface area contributed by atoms with Crippen LogP contribution in [0.2, 0.25) is 0 Å². The highest BCUT2D eigenvalue weighted by Crippen LogP contribution is 2.21. The normalized spacial score (nSPS) is 11.4. The van der Waals surface area contributed by atoms with Crippen molar-refractivity contribution in [1.29, 1.82) is 0 Å². The Morgan fingerprint density at radius 1 is 1.43 bits per heavy atom. The minimum atomic E-state index is -3.76. The Labute approximate surface area is 126 Å². The molecule has 1 amide bonds. The van der Waals surface area contributed by atoms with E-state index in [1.807, 2.05) is 6.92 Å². The van der Waals surface area contributed by atoms with Gasteiger partial charge in [0.25, 0.3) is 5.91 Å². The summed E-state index contributed by atoms with van der Waals surface area (Å²) in [5, 5.41) is 11.7. The summed E-state index contributed by atoms with van der Waals surface area (Å²) in [4.78, 5) is 12.6. The number of anilines is 1. The fourth-order valence-corrected chi connectivity index (χ4v) is 2.99. The molecule has 1 heterocycles. The summed E-state index contributed by atoms with van der Waals surface area (Å²) in [6, 6.07) is 4.27. The average Bonchev–Trinajstić information content (AvgIpc) is 2.88. The van der Waals surface area contributed by atoms with Crippen LogP contribution in [0.25, 0.3) is 0 Å². The molecule has 0 aliphatic rings. The number of aromatic nitrogens is 2. The van der Waals surface area contributed by atoms with Crippen LogP contribution in [0.1, 0.15) is 27.9 Å². The molecule has 0 bridgehead atoms. The topological polar surface area (TPSA) is 115 Å². The average molecular weight is 326 g/mol. The third kappa shape index (κ3) is 3.43. The molecule has 2 rings (SSSR count). The van der Waals surface area contributed by atoms with E-state index in [0.717, 1.165) is 11.5 Å². The number of nitrogens with two attached hydrogens (primary N) is 1. The van der Waals surface area contributed by atoms with Crippen molar-refractivity contribution < 1.29 is 13.2 Å². The number of amides is 1. The summed E-state index contributed by atoms with van der Waals surface area (Å²) in [5.41, 5.74) is 1.75. The van der Waals surface area contributed by atoms with Crippen LogP contribution in [0.15, 0.2) is 23.1 Å². The molecule has 1 aromatic carbocycles. The smallest absolute Gasteiger partial charge is 0.269 e. The summed E-state index contributed by atoms with van der Waals surface area (Å²) >= 11 is 1.03. The molecule has 0 radical (unpaired) electrons. The van der Waals surface area contributed by atoms with E-state index in [1.54, 1.807) is 6.92 Å². The van der Waals surface area contributed by atoms with Crippen molar-refractivity contribution in [3.05, 3.63) is 34.3 Å². The van der Waals surface area contributed by atoms with E-state index < -0.39 is 10.0 Å². The van der Waals surface area contributed by atoms with Crippen molar-refractivity contribution in [2.24, 2.45) is 5.14 Å². The zero-order chi connectivity index (χ0) is 15.6. The lowest BCUT2D eigenvalue weighted by Gasteiger charge is -2.09. The maximum absolute atomic E-state index is 12.2. The summed E-state index contributed by atoms with van der Waals surface area (Å²) in [6.45, 7) is 3.58. The molecule has 0 saturated carbocycles. The molecular weight excluding hydrogens is 312 g/mol. The largest absolute Gasteiger partial charge is 0.321 e. The minimum absolute atomic E-state index is 0.00621. The van der Waals surface area contributed by atoms with Gasteiger partial charge in [-0.05, 0) is 48.6 Å². The summed E-state index contributed by atoms with van der Waals surface area (Å²) in [7, 11) is -3.76. The summed E-state index contributed by atoms with van der Waals surface area (Å²) in [6.07, 6.45) is 0.614. The number of hydrogen-bond acceptors (Lipinski definition) is 6. The lowest BCUT2D eigenvalue weighted by atomic mass is 10.2. The lowest BCUT2D eigenvalue weighted by molar-refractivity contribution is 0.102. The van der Waals surface area contributed by atoms with E-state index in [-0.39, 0.29) is 10.8 Å². The minimum Gasteiger partial charge on any atom is -0.321 e. The number of nitrogens with zero attached hydrogens (tertiary/aromatic N) is 2. The lowest BCUT2D eigenvalue weighted by Crippen LogP contribution is -2.15. The van der Waals surface area contributed by atoms with Gasteiger partial charge in [0.05, 0.1) is 10.6 Å². The first kappa shape index (κ1) is 15.5. The van der Waals surface area contributed by atoms with Crippen molar-refractivity contribution in [2.75, 3.05) is 5.32 Å².